The van der Waals surface area contributed by atoms with Gasteiger partial charge in [0.1, 0.15) is 5.69 Å². The third-order valence-corrected chi connectivity index (χ3v) is 2.88. The minimum Gasteiger partial charge on any atom is -0.266 e. The predicted octanol–water partition coefficient (Wildman–Crippen LogP) is 3.79. The van der Waals surface area contributed by atoms with Crippen LogP contribution in [0.1, 0.15) is 12.1 Å². The van der Waals surface area contributed by atoms with Gasteiger partial charge in [-0.1, -0.05) is 28.1 Å². The van der Waals surface area contributed by atoms with Gasteiger partial charge in [-0.15, -0.1) is 0 Å². The van der Waals surface area contributed by atoms with Crippen molar-refractivity contribution in [2.45, 2.75) is 6.43 Å². The largest absolute Gasteiger partial charge is 0.280 e. The number of alkyl halides is 2. The van der Waals surface area contributed by atoms with Crippen molar-refractivity contribution in [2.75, 3.05) is 0 Å². The maximum absolute atomic E-state index is 12.8. The molecule has 0 amide bonds. The lowest BCUT2D eigenvalue weighted by Gasteiger charge is -2.05. The lowest BCUT2D eigenvalue weighted by molar-refractivity contribution is 0.141. The van der Waals surface area contributed by atoms with Gasteiger partial charge in [-0.05, 0) is 17.7 Å². The number of nitrogens with zero attached hydrogens (tertiary/aromatic N) is 2. The molecule has 0 saturated carbocycles. The second kappa shape index (κ2) is 4.33. The molecule has 0 aliphatic heterocycles. The van der Waals surface area contributed by atoms with Crippen molar-refractivity contribution in [2.24, 2.45) is 7.05 Å². The Bertz CT molecular complexity index is 491. The van der Waals surface area contributed by atoms with Gasteiger partial charge in [0.15, 0.2) is 0 Å². The van der Waals surface area contributed by atoms with Crippen LogP contribution < -0.4 is 0 Å². The number of benzene rings is 1. The summed E-state index contributed by atoms with van der Waals surface area (Å²) in [6, 6.07) is 7.20. The van der Waals surface area contributed by atoms with Crippen LogP contribution in [0, 0.1) is 0 Å². The zero-order valence-electron chi connectivity index (χ0n) is 8.49. The standard InChI is InChI=1S/C11H9BrF2N2/c1-16-10(11(13)14)9(6-15-16)7-2-4-8(12)5-3-7/h2-6,11H,1H3. The Kier molecular flexibility index (Phi) is 3.05. The van der Waals surface area contributed by atoms with Crippen LogP contribution >= 0.6 is 15.9 Å². The van der Waals surface area contributed by atoms with Gasteiger partial charge < -0.3 is 0 Å². The maximum Gasteiger partial charge on any atom is 0.280 e. The van der Waals surface area contributed by atoms with Gasteiger partial charge in [0.25, 0.3) is 6.43 Å². The summed E-state index contributed by atoms with van der Waals surface area (Å²) in [6.07, 6.45) is -1.06. The summed E-state index contributed by atoms with van der Waals surface area (Å²) in [5.41, 5.74) is 1.17. The predicted molar refractivity (Wildman–Crippen MR) is 61.3 cm³/mol. The number of aryl methyl sites for hydroxylation is 1. The average Bonchev–Trinajstić information content (AvgIpc) is 2.61. The van der Waals surface area contributed by atoms with Crippen molar-refractivity contribution in [1.82, 2.24) is 9.78 Å². The van der Waals surface area contributed by atoms with Crippen molar-refractivity contribution in [1.29, 1.82) is 0 Å². The van der Waals surface area contributed by atoms with Crippen molar-refractivity contribution >= 4 is 15.9 Å². The third kappa shape index (κ3) is 2.00. The highest BCUT2D eigenvalue weighted by Gasteiger charge is 2.18. The SMILES string of the molecule is Cn1ncc(-c2ccc(Br)cc2)c1C(F)F. The molecule has 5 heteroatoms. The summed E-state index contributed by atoms with van der Waals surface area (Å²) in [7, 11) is 1.52. The molecule has 0 unspecified atom stereocenters. The van der Waals surface area contributed by atoms with Crippen LogP contribution in [0.15, 0.2) is 34.9 Å². The summed E-state index contributed by atoms with van der Waals surface area (Å²) >= 11 is 3.30. The molecule has 1 aromatic heterocycles. The molecule has 0 spiro atoms. The first-order valence-corrected chi connectivity index (χ1v) is 5.45. The zero-order valence-corrected chi connectivity index (χ0v) is 10.1. The third-order valence-electron chi connectivity index (χ3n) is 2.35. The molecule has 2 rings (SSSR count). The van der Waals surface area contributed by atoms with Gasteiger partial charge in [0.2, 0.25) is 0 Å². The van der Waals surface area contributed by atoms with E-state index < -0.39 is 6.43 Å². The van der Waals surface area contributed by atoms with Gasteiger partial charge in [0, 0.05) is 17.1 Å². The molecule has 2 nitrogen and oxygen atoms in total. The van der Waals surface area contributed by atoms with Crippen molar-refractivity contribution in [3.63, 3.8) is 0 Å². The summed E-state index contributed by atoms with van der Waals surface area (Å²) in [4.78, 5) is 0. The van der Waals surface area contributed by atoms with Crippen LogP contribution in [0.3, 0.4) is 0 Å². The van der Waals surface area contributed by atoms with Crippen LogP contribution in [0.2, 0.25) is 0 Å². The first-order chi connectivity index (χ1) is 7.59. The Balaban J connectivity index is 2.52. The molecule has 0 atom stereocenters. The van der Waals surface area contributed by atoms with Gasteiger partial charge >= 0.3 is 0 Å². The van der Waals surface area contributed by atoms with E-state index in [9.17, 15) is 8.78 Å². The fourth-order valence-electron chi connectivity index (χ4n) is 1.56. The Labute approximate surface area is 100 Å². The molecular formula is C11H9BrF2N2. The smallest absolute Gasteiger partial charge is 0.266 e. The second-order valence-electron chi connectivity index (χ2n) is 3.37. The first-order valence-electron chi connectivity index (χ1n) is 4.65. The fourth-order valence-corrected chi connectivity index (χ4v) is 1.82. The first kappa shape index (κ1) is 11.3. The van der Waals surface area contributed by atoms with E-state index in [0.29, 0.717) is 5.56 Å². The molecule has 0 aliphatic carbocycles. The number of halogens is 3. The van der Waals surface area contributed by atoms with E-state index in [4.69, 9.17) is 0 Å². The Morgan fingerprint density at radius 3 is 2.44 bits per heavy atom. The van der Waals surface area contributed by atoms with E-state index in [2.05, 4.69) is 21.0 Å². The summed E-state index contributed by atoms with van der Waals surface area (Å²) in [5, 5.41) is 3.86. The van der Waals surface area contributed by atoms with Crippen LogP contribution in [0.5, 0.6) is 0 Å². The molecule has 0 bridgehead atoms. The van der Waals surface area contributed by atoms with Gasteiger partial charge in [-0.2, -0.15) is 5.10 Å². The quantitative estimate of drug-likeness (QED) is 0.821. The van der Waals surface area contributed by atoms with Crippen molar-refractivity contribution < 1.29 is 8.78 Å². The second-order valence-corrected chi connectivity index (χ2v) is 4.29. The minimum atomic E-state index is -2.52. The molecule has 0 aliphatic rings. The van der Waals surface area contributed by atoms with Gasteiger partial charge in [-0.25, -0.2) is 8.78 Å². The van der Waals surface area contributed by atoms with Gasteiger partial charge in [-0.3, -0.25) is 4.68 Å². The van der Waals surface area contributed by atoms with E-state index in [0.717, 1.165) is 10.0 Å². The highest BCUT2D eigenvalue weighted by Crippen LogP contribution is 2.31. The maximum atomic E-state index is 12.8. The summed E-state index contributed by atoms with van der Waals surface area (Å²) in [5.74, 6) is 0. The molecule has 1 heterocycles. The van der Waals surface area contributed by atoms with E-state index in [1.54, 1.807) is 12.1 Å². The molecule has 2 aromatic rings. The van der Waals surface area contributed by atoms with E-state index in [-0.39, 0.29) is 5.69 Å². The monoisotopic (exact) mass is 286 g/mol. The van der Waals surface area contributed by atoms with Gasteiger partial charge in [0.05, 0.1) is 6.20 Å². The molecule has 16 heavy (non-hydrogen) atoms. The van der Waals surface area contributed by atoms with Crippen molar-refractivity contribution in [3.05, 3.63) is 40.6 Å². The van der Waals surface area contributed by atoms with E-state index in [1.807, 2.05) is 12.1 Å². The summed E-state index contributed by atoms with van der Waals surface area (Å²) in [6.45, 7) is 0. The summed E-state index contributed by atoms with van der Waals surface area (Å²) < 4.78 is 27.8. The molecule has 84 valence electrons. The van der Waals surface area contributed by atoms with E-state index in [1.165, 1.54) is 17.9 Å². The number of rotatable bonds is 2. The lowest BCUT2D eigenvalue weighted by atomic mass is 10.1. The highest BCUT2D eigenvalue weighted by atomic mass is 79.9. The van der Waals surface area contributed by atoms with Crippen LogP contribution in [0.25, 0.3) is 11.1 Å². The number of hydrogen-bond acceptors (Lipinski definition) is 1. The average molecular weight is 287 g/mol. The van der Waals surface area contributed by atoms with Crippen LogP contribution in [-0.4, -0.2) is 9.78 Å². The fraction of sp³-hybridized carbons (Fsp3) is 0.182. The van der Waals surface area contributed by atoms with E-state index >= 15 is 0 Å². The molecule has 0 N–H and O–H groups in total. The molecular weight excluding hydrogens is 278 g/mol. The molecule has 0 fully saturated rings. The Morgan fingerprint density at radius 1 is 1.25 bits per heavy atom. The zero-order chi connectivity index (χ0) is 11.7. The molecule has 0 saturated heterocycles. The number of aromatic nitrogens is 2. The molecule has 1 aromatic carbocycles. The normalized spacial score (nSPS) is 11.1. The minimum absolute atomic E-state index is 0.0534. The molecule has 0 radical (unpaired) electrons. The van der Waals surface area contributed by atoms with Crippen LogP contribution in [0.4, 0.5) is 8.78 Å². The van der Waals surface area contributed by atoms with Crippen molar-refractivity contribution in [3.8, 4) is 11.1 Å². The van der Waals surface area contributed by atoms with Crippen LogP contribution in [-0.2, 0) is 7.05 Å². The Hall–Kier alpha value is -1.23. The topological polar surface area (TPSA) is 17.8 Å². The highest BCUT2D eigenvalue weighted by molar-refractivity contribution is 9.10. The lowest BCUT2D eigenvalue weighted by Crippen LogP contribution is -1.99. The Morgan fingerprint density at radius 2 is 1.88 bits per heavy atom. The number of hydrogen-bond donors (Lipinski definition) is 0.